The third-order valence-electron chi connectivity index (χ3n) is 4.25. The number of sulfonamides is 1. The van der Waals surface area contributed by atoms with Crippen LogP contribution in [0, 0.1) is 11.3 Å². The van der Waals surface area contributed by atoms with Crippen molar-refractivity contribution in [2.75, 3.05) is 12.8 Å². The molecule has 0 unspecified atom stereocenters. The fraction of sp³-hybridized carbons (Fsp3) is 1.00. The van der Waals surface area contributed by atoms with Gasteiger partial charge in [0.05, 0.1) is 6.26 Å². The summed E-state index contributed by atoms with van der Waals surface area (Å²) in [5, 5.41) is 3.53. The Balaban J connectivity index is 2.38. The topological polar surface area (TPSA) is 58.2 Å². The van der Waals surface area contributed by atoms with Crippen LogP contribution < -0.4 is 10.0 Å². The molecule has 0 aromatic heterocycles. The Morgan fingerprint density at radius 2 is 1.50 bits per heavy atom. The highest BCUT2D eigenvalue weighted by molar-refractivity contribution is 7.88. The summed E-state index contributed by atoms with van der Waals surface area (Å²) in [6.07, 6.45) is 6.12. The third kappa shape index (κ3) is 6.55. The van der Waals surface area contributed by atoms with Crippen LogP contribution >= 0.6 is 0 Å². The highest BCUT2D eigenvalue weighted by atomic mass is 32.2. The average molecular weight is 304 g/mol. The van der Waals surface area contributed by atoms with Gasteiger partial charge in [0.25, 0.3) is 0 Å². The maximum atomic E-state index is 11.3. The molecule has 120 valence electrons. The quantitative estimate of drug-likeness (QED) is 0.820. The van der Waals surface area contributed by atoms with Crippen molar-refractivity contribution in [1.82, 2.24) is 10.0 Å². The van der Waals surface area contributed by atoms with Gasteiger partial charge in [-0.05, 0) is 50.9 Å². The molecule has 2 N–H and O–H groups in total. The molecule has 4 nitrogen and oxygen atoms in total. The standard InChI is InChI=1S/C15H32N2O2S/c1-14(2,3)12-7-9-13(10-8-12)16-11-15(4,5)17-20(6,18)19/h12-13,16-17H,7-11H2,1-6H3. The van der Waals surface area contributed by atoms with Crippen molar-refractivity contribution < 1.29 is 8.42 Å². The molecular weight excluding hydrogens is 272 g/mol. The van der Waals surface area contributed by atoms with Crippen LogP contribution in [0.4, 0.5) is 0 Å². The summed E-state index contributed by atoms with van der Waals surface area (Å²) >= 11 is 0. The van der Waals surface area contributed by atoms with Gasteiger partial charge < -0.3 is 5.32 Å². The summed E-state index contributed by atoms with van der Waals surface area (Å²) in [6, 6.07) is 0.522. The molecule has 0 atom stereocenters. The Kier molecular flexibility index (Phi) is 5.67. The predicted molar refractivity (Wildman–Crippen MR) is 85.3 cm³/mol. The predicted octanol–water partition coefficient (Wildman–Crippen LogP) is 2.51. The zero-order chi connectivity index (χ0) is 15.6. The van der Waals surface area contributed by atoms with Crippen molar-refractivity contribution in [2.45, 2.75) is 71.9 Å². The monoisotopic (exact) mass is 304 g/mol. The first-order valence-corrected chi connectivity index (χ1v) is 9.50. The molecule has 1 rings (SSSR count). The van der Waals surface area contributed by atoms with Gasteiger partial charge in [0, 0.05) is 18.1 Å². The van der Waals surface area contributed by atoms with E-state index in [-0.39, 0.29) is 0 Å². The van der Waals surface area contributed by atoms with Crippen LogP contribution in [0.1, 0.15) is 60.3 Å². The second-order valence-corrected chi connectivity index (χ2v) is 9.80. The number of rotatable bonds is 5. The normalized spacial score (nSPS) is 25.7. The van der Waals surface area contributed by atoms with E-state index >= 15 is 0 Å². The molecule has 0 aliphatic heterocycles. The van der Waals surface area contributed by atoms with E-state index in [1.807, 2.05) is 13.8 Å². The molecule has 0 radical (unpaired) electrons. The van der Waals surface area contributed by atoms with Crippen LogP contribution in [0.5, 0.6) is 0 Å². The van der Waals surface area contributed by atoms with Gasteiger partial charge in [0.15, 0.2) is 0 Å². The summed E-state index contributed by atoms with van der Waals surface area (Å²) < 4.78 is 25.3. The number of hydrogen-bond donors (Lipinski definition) is 2. The number of nitrogens with one attached hydrogen (secondary N) is 2. The average Bonchev–Trinajstić information content (AvgIpc) is 2.22. The van der Waals surface area contributed by atoms with Crippen molar-refractivity contribution in [1.29, 1.82) is 0 Å². The summed E-state index contributed by atoms with van der Waals surface area (Å²) in [5.41, 5.74) is -0.0312. The zero-order valence-corrected chi connectivity index (χ0v) is 14.7. The molecule has 1 aliphatic carbocycles. The van der Waals surface area contributed by atoms with Crippen molar-refractivity contribution in [2.24, 2.45) is 11.3 Å². The van der Waals surface area contributed by atoms with Crippen molar-refractivity contribution in [3.8, 4) is 0 Å². The van der Waals surface area contributed by atoms with Crippen LogP contribution in [0.25, 0.3) is 0 Å². The first-order chi connectivity index (χ1) is 8.89. The van der Waals surface area contributed by atoms with E-state index < -0.39 is 15.6 Å². The second-order valence-electron chi connectivity index (χ2n) is 8.05. The summed E-state index contributed by atoms with van der Waals surface area (Å²) in [5.74, 6) is 0.808. The van der Waals surface area contributed by atoms with Gasteiger partial charge in [-0.25, -0.2) is 13.1 Å². The van der Waals surface area contributed by atoms with Crippen LogP contribution in [-0.4, -0.2) is 32.8 Å². The molecule has 0 heterocycles. The van der Waals surface area contributed by atoms with E-state index in [0.29, 0.717) is 18.0 Å². The number of hydrogen-bond acceptors (Lipinski definition) is 3. The Morgan fingerprint density at radius 3 is 1.90 bits per heavy atom. The van der Waals surface area contributed by atoms with Gasteiger partial charge in [-0.3, -0.25) is 0 Å². The molecular formula is C15H32N2O2S. The van der Waals surface area contributed by atoms with Gasteiger partial charge in [-0.2, -0.15) is 0 Å². The lowest BCUT2D eigenvalue weighted by atomic mass is 9.71. The summed E-state index contributed by atoms with van der Waals surface area (Å²) in [6.45, 7) is 11.5. The Hall–Kier alpha value is -0.130. The summed E-state index contributed by atoms with van der Waals surface area (Å²) in [7, 11) is -3.15. The molecule has 5 heteroatoms. The van der Waals surface area contributed by atoms with E-state index in [0.717, 1.165) is 5.92 Å². The highest BCUT2D eigenvalue weighted by Gasteiger charge is 2.30. The first kappa shape index (κ1) is 17.9. The zero-order valence-electron chi connectivity index (χ0n) is 13.9. The van der Waals surface area contributed by atoms with Crippen molar-refractivity contribution >= 4 is 10.0 Å². The molecule has 1 aliphatic rings. The van der Waals surface area contributed by atoms with E-state index in [1.165, 1.54) is 31.9 Å². The van der Waals surface area contributed by atoms with Gasteiger partial charge >= 0.3 is 0 Å². The fourth-order valence-corrected chi connectivity index (χ4v) is 4.18. The lowest BCUT2D eigenvalue weighted by molar-refractivity contribution is 0.158. The molecule has 0 spiro atoms. The maximum absolute atomic E-state index is 11.3. The second kappa shape index (κ2) is 6.32. The minimum Gasteiger partial charge on any atom is -0.312 e. The SMILES string of the molecule is CC(C)(CNC1CCC(C(C)(C)C)CC1)NS(C)(=O)=O. The maximum Gasteiger partial charge on any atom is 0.209 e. The van der Waals surface area contributed by atoms with Crippen molar-refractivity contribution in [3.05, 3.63) is 0 Å². The third-order valence-corrected chi connectivity index (χ3v) is 5.17. The summed E-state index contributed by atoms with van der Waals surface area (Å²) in [4.78, 5) is 0. The largest absolute Gasteiger partial charge is 0.312 e. The lowest BCUT2D eigenvalue weighted by Gasteiger charge is -2.38. The van der Waals surface area contributed by atoms with Gasteiger partial charge in [-0.1, -0.05) is 20.8 Å². The smallest absolute Gasteiger partial charge is 0.209 e. The lowest BCUT2D eigenvalue weighted by Crippen LogP contribution is -2.52. The van der Waals surface area contributed by atoms with Crippen molar-refractivity contribution in [3.63, 3.8) is 0 Å². The van der Waals surface area contributed by atoms with Crippen LogP contribution in [0.2, 0.25) is 0 Å². The molecule has 1 saturated carbocycles. The molecule has 0 saturated heterocycles. The van der Waals surface area contributed by atoms with Gasteiger partial charge in [-0.15, -0.1) is 0 Å². The Morgan fingerprint density at radius 1 is 1.00 bits per heavy atom. The van der Waals surface area contributed by atoms with Gasteiger partial charge in [0.1, 0.15) is 0 Å². The highest BCUT2D eigenvalue weighted by Crippen LogP contribution is 2.37. The fourth-order valence-electron chi connectivity index (χ4n) is 3.10. The molecule has 0 aromatic carbocycles. The molecule has 0 amide bonds. The molecule has 20 heavy (non-hydrogen) atoms. The minimum atomic E-state index is -3.15. The molecule has 0 bridgehead atoms. The molecule has 1 fully saturated rings. The van der Waals surface area contributed by atoms with Crippen LogP contribution in [-0.2, 0) is 10.0 Å². The molecule has 0 aromatic rings. The van der Waals surface area contributed by atoms with Crippen LogP contribution in [0.3, 0.4) is 0 Å². The minimum absolute atomic E-state index is 0.405. The van der Waals surface area contributed by atoms with E-state index in [9.17, 15) is 8.42 Å². The van der Waals surface area contributed by atoms with E-state index in [4.69, 9.17) is 0 Å². The Bertz CT molecular complexity index is 402. The Labute approximate surface area is 125 Å². The van der Waals surface area contributed by atoms with E-state index in [2.05, 4.69) is 30.8 Å². The first-order valence-electron chi connectivity index (χ1n) is 7.61. The van der Waals surface area contributed by atoms with Crippen LogP contribution in [0.15, 0.2) is 0 Å². The van der Waals surface area contributed by atoms with E-state index in [1.54, 1.807) is 0 Å². The van der Waals surface area contributed by atoms with Gasteiger partial charge in [0.2, 0.25) is 10.0 Å².